The molecule has 1 N–H and O–H groups in total. The highest BCUT2D eigenvalue weighted by atomic mass is 32.2. The second-order valence-electron chi connectivity index (χ2n) is 10.1. The topological polar surface area (TPSA) is 161 Å². The molecule has 2 heterocycles. The molecule has 0 saturated carbocycles. The number of rotatable bonds is 10. The predicted molar refractivity (Wildman–Crippen MR) is 169 cm³/mol. The fraction of sp³-hybridized carbons (Fsp3) is 0.233. The summed E-state index contributed by atoms with van der Waals surface area (Å²) in [6, 6.07) is 20.5. The molecule has 4 aromatic rings. The number of nitrogens with zero attached hydrogens (tertiary/aromatic N) is 6. The number of anilines is 2. The summed E-state index contributed by atoms with van der Waals surface area (Å²) in [5.41, 5.74) is 3.20. The molecule has 1 saturated heterocycles. The second kappa shape index (κ2) is 13.2. The SMILES string of the molecule is Cc1c(N(CC(=O)N/N=C\c2cc([N+](=O)[O-])ccc2N2CCOCC2)S(=O)(=O)c2ccccc2)c(=O)n(-c2ccccc2)n1C. The summed E-state index contributed by atoms with van der Waals surface area (Å²) in [6.07, 6.45) is 1.27. The van der Waals surface area contributed by atoms with Gasteiger partial charge in [0.2, 0.25) is 0 Å². The first-order chi connectivity index (χ1) is 21.6. The number of aromatic nitrogens is 2. The molecule has 1 aromatic heterocycles. The summed E-state index contributed by atoms with van der Waals surface area (Å²) >= 11 is 0. The van der Waals surface area contributed by atoms with E-state index in [1.54, 1.807) is 68.6 Å². The lowest BCUT2D eigenvalue weighted by atomic mass is 10.1. The lowest BCUT2D eigenvalue weighted by Crippen LogP contribution is -2.42. The van der Waals surface area contributed by atoms with Crippen molar-refractivity contribution in [2.24, 2.45) is 12.1 Å². The van der Waals surface area contributed by atoms with Crippen LogP contribution in [-0.2, 0) is 26.6 Å². The molecule has 1 aliphatic rings. The molecule has 5 rings (SSSR count). The molecular formula is C30H31N7O7S. The number of non-ortho nitro benzene ring substituents is 1. The minimum Gasteiger partial charge on any atom is -0.378 e. The van der Waals surface area contributed by atoms with Gasteiger partial charge in [0.1, 0.15) is 12.2 Å². The van der Waals surface area contributed by atoms with E-state index in [9.17, 15) is 28.1 Å². The third-order valence-electron chi connectivity index (χ3n) is 7.36. The zero-order valence-corrected chi connectivity index (χ0v) is 25.4. The Morgan fingerprint density at radius 1 is 1.07 bits per heavy atom. The van der Waals surface area contributed by atoms with Crippen LogP contribution in [0, 0.1) is 17.0 Å². The van der Waals surface area contributed by atoms with Crippen LogP contribution in [0.25, 0.3) is 5.69 Å². The molecule has 14 nitrogen and oxygen atoms in total. The molecule has 1 fully saturated rings. The van der Waals surface area contributed by atoms with Gasteiger partial charge in [0.25, 0.3) is 27.2 Å². The van der Waals surface area contributed by atoms with Gasteiger partial charge in [0, 0.05) is 43.5 Å². The number of carbonyl (C=O) groups is 1. The number of para-hydroxylation sites is 1. The average Bonchev–Trinajstić information content (AvgIpc) is 3.27. The number of hydrogen-bond acceptors (Lipinski definition) is 9. The fourth-order valence-electron chi connectivity index (χ4n) is 5.04. The van der Waals surface area contributed by atoms with E-state index in [0.29, 0.717) is 48.9 Å². The van der Waals surface area contributed by atoms with E-state index in [0.717, 1.165) is 4.31 Å². The van der Waals surface area contributed by atoms with Crippen LogP contribution in [0.15, 0.2) is 93.7 Å². The van der Waals surface area contributed by atoms with Gasteiger partial charge in [-0.2, -0.15) is 5.10 Å². The minimum absolute atomic E-state index is 0.109. The molecule has 0 spiro atoms. The minimum atomic E-state index is -4.39. The van der Waals surface area contributed by atoms with Crippen molar-refractivity contribution in [1.29, 1.82) is 0 Å². The van der Waals surface area contributed by atoms with Gasteiger partial charge >= 0.3 is 0 Å². The van der Waals surface area contributed by atoms with Gasteiger partial charge in [-0.3, -0.25) is 24.4 Å². The Hall–Kier alpha value is -5.28. The Morgan fingerprint density at radius 3 is 2.36 bits per heavy atom. The van der Waals surface area contributed by atoms with Gasteiger partial charge < -0.3 is 9.64 Å². The van der Waals surface area contributed by atoms with Gasteiger partial charge in [0.05, 0.1) is 40.6 Å². The summed E-state index contributed by atoms with van der Waals surface area (Å²) in [7, 11) is -2.77. The molecule has 15 heteroatoms. The van der Waals surface area contributed by atoms with Gasteiger partial charge in [-0.15, -0.1) is 0 Å². The zero-order valence-electron chi connectivity index (χ0n) is 24.6. The maximum absolute atomic E-state index is 13.9. The molecule has 0 atom stereocenters. The van der Waals surface area contributed by atoms with E-state index in [1.807, 2.05) is 4.90 Å². The number of ether oxygens (including phenoxy) is 1. The molecule has 0 radical (unpaired) electrons. The van der Waals surface area contributed by atoms with Crippen LogP contribution < -0.4 is 20.2 Å². The number of amides is 1. The molecule has 45 heavy (non-hydrogen) atoms. The van der Waals surface area contributed by atoms with Crippen LogP contribution in [-0.4, -0.2) is 67.7 Å². The smallest absolute Gasteiger partial charge is 0.296 e. The van der Waals surface area contributed by atoms with Crippen LogP contribution in [0.1, 0.15) is 11.3 Å². The molecular weight excluding hydrogens is 602 g/mol. The number of nitro benzene ring substituents is 1. The Balaban J connectivity index is 1.48. The summed E-state index contributed by atoms with van der Waals surface area (Å²) in [4.78, 5) is 39.8. The van der Waals surface area contributed by atoms with E-state index < -0.39 is 33.0 Å². The van der Waals surface area contributed by atoms with Crippen LogP contribution in [0.4, 0.5) is 17.1 Å². The fourth-order valence-corrected chi connectivity index (χ4v) is 6.53. The van der Waals surface area contributed by atoms with E-state index >= 15 is 0 Å². The van der Waals surface area contributed by atoms with Gasteiger partial charge in [0.15, 0.2) is 0 Å². The first-order valence-electron chi connectivity index (χ1n) is 13.9. The average molecular weight is 634 g/mol. The Morgan fingerprint density at radius 2 is 1.71 bits per heavy atom. The van der Waals surface area contributed by atoms with E-state index in [4.69, 9.17) is 4.74 Å². The number of sulfonamides is 1. The highest BCUT2D eigenvalue weighted by Crippen LogP contribution is 2.27. The Kier molecular flexibility index (Phi) is 9.11. The maximum Gasteiger partial charge on any atom is 0.296 e. The van der Waals surface area contributed by atoms with Crippen molar-refractivity contribution in [1.82, 2.24) is 14.8 Å². The number of hydrazone groups is 1. The van der Waals surface area contributed by atoms with Crippen LogP contribution in [0.2, 0.25) is 0 Å². The first kappa shape index (κ1) is 31.2. The third-order valence-corrected chi connectivity index (χ3v) is 9.12. The Labute approximate surface area is 258 Å². The van der Waals surface area contributed by atoms with Gasteiger partial charge in [-0.1, -0.05) is 36.4 Å². The van der Waals surface area contributed by atoms with Crippen LogP contribution in [0.3, 0.4) is 0 Å². The number of nitro groups is 1. The van der Waals surface area contributed by atoms with Crippen LogP contribution in [0.5, 0.6) is 0 Å². The number of nitrogens with one attached hydrogen (secondary N) is 1. The molecule has 0 bridgehead atoms. The van der Waals surface area contributed by atoms with Crippen molar-refractivity contribution in [3.8, 4) is 5.69 Å². The number of morpholine rings is 1. The monoisotopic (exact) mass is 633 g/mol. The molecule has 0 unspecified atom stereocenters. The highest BCUT2D eigenvalue weighted by Gasteiger charge is 2.33. The van der Waals surface area contributed by atoms with Crippen molar-refractivity contribution in [3.05, 3.63) is 111 Å². The Bertz CT molecular complexity index is 1900. The normalized spacial score (nSPS) is 13.6. The number of carbonyl (C=O) groups excluding carboxylic acids is 1. The lowest BCUT2D eigenvalue weighted by Gasteiger charge is -2.29. The number of hydrogen-bond donors (Lipinski definition) is 1. The van der Waals surface area contributed by atoms with Crippen molar-refractivity contribution >= 4 is 39.2 Å². The second-order valence-corrected chi connectivity index (χ2v) is 12.0. The lowest BCUT2D eigenvalue weighted by molar-refractivity contribution is -0.384. The van der Waals surface area contributed by atoms with Crippen molar-refractivity contribution in [3.63, 3.8) is 0 Å². The van der Waals surface area contributed by atoms with Crippen molar-refractivity contribution in [2.75, 3.05) is 42.1 Å². The van der Waals surface area contributed by atoms with Crippen molar-refractivity contribution < 1.29 is 22.9 Å². The van der Waals surface area contributed by atoms with E-state index in [-0.39, 0.29) is 16.3 Å². The first-order valence-corrected chi connectivity index (χ1v) is 15.4. The predicted octanol–water partition coefficient (Wildman–Crippen LogP) is 2.57. The quantitative estimate of drug-likeness (QED) is 0.158. The standard InChI is InChI=1S/C30H31N7O7S/c1-22-29(30(39)36(33(22)2)24-9-5-3-6-10-24)35(45(42,43)26-11-7-4-8-12-26)21-28(38)32-31-20-23-19-25(37(40)41)13-14-27(23)34-15-17-44-18-16-34/h3-14,19-20H,15-18,21H2,1-2H3,(H,32,38)/b31-20-. The van der Waals surface area contributed by atoms with Crippen molar-refractivity contribution in [2.45, 2.75) is 11.8 Å². The summed E-state index contributed by atoms with van der Waals surface area (Å²) in [5.74, 6) is -0.835. The summed E-state index contributed by atoms with van der Waals surface area (Å²) in [5, 5.41) is 15.4. The van der Waals surface area contributed by atoms with Gasteiger partial charge in [-0.05, 0) is 37.3 Å². The maximum atomic E-state index is 13.9. The summed E-state index contributed by atoms with van der Waals surface area (Å²) < 4.78 is 36.9. The van der Waals surface area contributed by atoms with Gasteiger partial charge in [-0.25, -0.2) is 22.8 Å². The summed E-state index contributed by atoms with van der Waals surface area (Å²) in [6.45, 7) is 2.92. The molecule has 234 valence electrons. The molecule has 1 amide bonds. The van der Waals surface area contributed by atoms with E-state index in [2.05, 4.69) is 10.5 Å². The van der Waals surface area contributed by atoms with Crippen LogP contribution >= 0.6 is 0 Å². The third kappa shape index (κ3) is 6.49. The highest BCUT2D eigenvalue weighted by molar-refractivity contribution is 7.92. The largest absolute Gasteiger partial charge is 0.378 e. The molecule has 1 aliphatic heterocycles. The zero-order chi connectivity index (χ0) is 32.1. The van der Waals surface area contributed by atoms with E-state index in [1.165, 1.54) is 39.8 Å². The molecule has 0 aliphatic carbocycles. The molecule has 3 aromatic carbocycles. The number of benzene rings is 3.